The highest BCUT2D eigenvalue weighted by Crippen LogP contribution is 2.30. The summed E-state index contributed by atoms with van der Waals surface area (Å²) in [6.07, 6.45) is 0. The van der Waals surface area contributed by atoms with Gasteiger partial charge in [0.1, 0.15) is 5.76 Å². The Morgan fingerprint density at radius 3 is 2.79 bits per heavy atom. The summed E-state index contributed by atoms with van der Waals surface area (Å²) in [6.45, 7) is 2.01. The summed E-state index contributed by atoms with van der Waals surface area (Å²) in [5.41, 5.74) is 1.25. The van der Waals surface area contributed by atoms with E-state index < -0.39 is 5.97 Å². The van der Waals surface area contributed by atoms with Crippen LogP contribution in [0.25, 0.3) is 0 Å². The molecule has 0 fully saturated rings. The highest BCUT2D eigenvalue weighted by molar-refractivity contribution is 6.43. The first kappa shape index (κ1) is 13.8. The van der Waals surface area contributed by atoms with Gasteiger partial charge >= 0.3 is 5.97 Å². The summed E-state index contributed by atoms with van der Waals surface area (Å²) in [7, 11) is 0. The van der Waals surface area contributed by atoms with Gasteiger partial charge in [-0.05, 0) is 25.1 Å². The molecule has 2 aromatic rings. The van der Waals surface area contributed by atoms with Crippen molar-refractivity contribution in [2.45, 2.75) is 13.5 Å². The van der Waals surface area contributed by atoms with Gasteiger partial charge in [-0.25, -0.2) is 4.79 Å². The number of hydrogen-bond donors (Lipinski definition) is 2. The van der Waals surface area contributed by atoms with Gasteiger partial charge in [-0.3, -0.25) is 0 Å². The molecule has 0 aliphatic rings. The van der Waals surface area contributed by atoms with E-state index in [1.807, 2.05) is 0 Å². The van der Waals surface area contributed by atoms with Crippen LogP contribution < -0.4 is 5.32 Å². The Labute approximate surface area is 119 Å². The summed E-state index contributed by atoms with van der Waals surface area (Å²) < 4.78 is 5.23. The molecule has 6 heteroatoms. The molecule has 0 saturated heterocycles. The Bertz CT molecular complexity index is 622. The van der Waals surface area contributed by atoms with Crippen LogP contribution in [0.1, 0.15) is 21.9 Å². The van der Waals surface area contributed by atoms with E-state index in [0.29, 0.717) is 33.6 Å². The van der Waals surface area contributed by atoms with E-state index in [1.165, 1.54) is 0 Å². The molecule has 1 heterocycles. The lowest BCUT2D eigenvalue weighted by Gasteiger charge is -2.07. The monoisotopic (exact) mass is 299 g/mol. The Balaban J connectivity index is 2.13. The molecule has 1 aromatic carbocycles. The highest BCUT2D eigenvalue weighted by Gasteiger charge is 2.14. The van der Waals surface area contributed by atoms with Gasteiger partial charge in [0.05, 0.1) is 22.3 Å². The zero-order valence-electron chi connectivity index (χ0n) is 10.0. The first-order chi connectivity index (χ1) is 8.99. The van der Waals surface area contributed by atoms with Crippen molar-refractivity contribution in [3.8, 4) is 0 Å². The second kappa shape index (κ2) is 5.55. The molecule has 4 nitrogen and oxygen atoms in total. The number of rotatable bonds is 4. The van der Waals surface area contributed by atoms with Crippen molar-refractivity contribution in [2.75, 3.05) is 5.32 Å². The number of halogens is 2. The average molecular weight is 300 g/mol. The molecule has 100 valence electrons. The van der Waals surface area contributed by atoms with Crippen LogP contribution in [0.5, 0.6) is 0 Å². The van der Waals surface area contributed by atoms with Gasteiger partial charge in [0.25, 0.3) is 0 Å². The van der Waals surface area contributed by atoms with Crippen molar-refractivity contribution in [3.05, 3.63) is 51.4 Å². The second-order valence-electron chi connectivity index (χ2n) is 3.98. The minimum Gasteiger partial charge on any atom is -0.475 e. The van der Waals surface area contributed by atoms with Crippen LogP contribution in [0.4, 0.5) is 5.69 Å². The SMILES string of the molecule is Cc1cc(CNc2cccc(Cl)c2Cl)oc1C(=O)O. The number of aryl methyl sites for hydroxylation is 1. The van der Waals surface area contributed by atoms with Crippen LogP contribution in [0, 0.1) is 6.92 Å². The van der Waals surface area contributed by atoms with Gasteiger partial charge in [0.15, 0.2) is 0 Å². The zero-order valence-corrected chi connectivity index (χ0v) is 11.5. The van der Waals surface area contributed by atoms with Gasteiger partial charge < -0.3 is 14.8 Å². The molecule has 2 N–H and O–H groups in total. The van der Waals surface area contributed by atoms with Crippen LogP contribution in [-0.2, 0) is 6.54 Å². The number of hydrogen-bond acceptors (Lipinski definition) is 3. The van der Waals surface area contributed by atoms with Crippen molar-refractivity contribution < 1.29 is 14.3 Å². The summed E-state index contributed by atoms with van der Waals surface area (Å²) in [4.78, 5) is 10.9. The third-order valence-corrected chi connectivity index (χ3v) is 3.39. The topological polar surface area (TPSA) is 62.5 Å². The molecule has 0 bridgehead atoms. The van der Waals surface area contributed by atoms with E-state index in [1.54, 1.807) is 31.2 Å². The zero-order chi connectivity index (χ0) is 14.0. The summed E-state index contributed by atoms with van der Waals surface area (Å²) in [5.74, 6) is -0.607. The fourth-order valence-corrected chi connectivity index (χ4v) is 2.04. The molecule has 0 saturated carbocycles. The second-order valence-corrected chi connectivity index (χ2v) is 4.77. The number of aromatic carboxylic acids is 1. The van der Waals surface area contributed by atoms with E-state index in [-0.39, 0.29) is 5.76 Å². The molecule has 0 aliphatic heterocycles. The van der Waals surface area contributed by atoms with Crippen molar-refractivity contribution in [2.24, 2.45) is 0 Å². The van der Waals surface area contributed by atoms with Crippen LogP contribution >= 0.6 is 23.2 Å². The number of carboxylic acids is 1. The molecule has 0 aliphatic carbocycles. The Kier molecular flexibility index (Phi) is 4.02. The molecule has 0 atom stereocenters. The van der Waals surface area contributed by atoms with Crippen molar-refractivity contribution in [3.63, 3.8) is 0 Å². The van der Waals surface area contributed by atoms with Crippen molar-refractivity contribution in [1.82, 2.24) is 0 Å². The van der Waals surface area contributed by atoms with E-state index in [9.17, 15) is 4.79 Å². The largest absolute Gasteiger partial charge is 0.475 e. The van der Waals surface area contributed by atoms with Gasteiger partial charge in [0, 0.05) is 5.56 Å². The van der Waals surface area contributed by atoms with E-state index in [2.05, 4.69) is 5.32 Å². The minimum atomic E-state index is -1.08. The normalized spacial score (nSPS) is 10.5. The Hall–Kier alpha value is -1.65. The number of carboxylic acid groups (broad SMARTS) is 1. The van der Waals surface area contributed by atoms with E-state index in [0.717, 1.165) is 0 Å². The maximum atomic E-state index is 10.9. The smallest absolute Gasteiger partial charge is 0.372 e. The number of benzene rings is 1. The van der Waals surface area contributed by atoms with Gasteiger partial charge in [-0.2, -0.15) is 0 Å². The lowest BCUT2D eigenvalue weighted by molar-refractivity contribution is 0.0659. The van der Waals surface area contributed by atoms with Crippen LogP contribution in [-0.4, -0.2) is 11.1 Å². The maximum Gasteiger partial charge on any atom is 0.372 e. The molecule has 2 rings (SSSR count). The standard InChI is InChI=1S/C13H11Cl2NO3/c1-7-5-8(19-12(7)13(17)18)6-16-10-4-2-3-9(14)11(10)15/h2-5,16H,6H2,1H3,(H,17,18). The number of carbonyl (C=O) groups is 1. The van der Waals surface area contributed by atoms with Gasteiger partial charge in [-0.15, -0.1) is 0 Å². The van der Waals surface area contributed by atoms with Crippen molar-refractivity contribution in [1.29, 1.82) is 0 Å². The minimum absolute atomic E-state index is 0.0472. The van der Waals surface area contributed by atoms with Gasteiger partial charge in [0.2, 0.25) is 5.76 Å². The van der Waals surface area contributed by atoms with Gasteiger partial charge in [-0.1, -0.05) is 29.3 Å². The molecule has 0 radical (unpaired) electrons. The quantitative estimate of drug-likeness (QED) is 0.888. The molecule has 19 heavy (non-hydrogen) atoms. The first-order valence-electron chi connectivity index (χ1n) is 5.49. The molecule has 1 aromatic heterocycles. The number of anilines is 1. The summed E-state index contributed by atoms with van der Waals surface area (Å²) in [5, 5.41) is 12.8. The maximum absolute atomic E-state index is 10.9. The lowest BCUT2D eigenvalue weighted by atomic mass is 10.2. The Morgan fingerprint density at radius 1 is 1.42 bits per heavy atom. The third-order valence-electron chi connectivity index (χ3n) is 2.57. The van der Waals surface area contributed by atoms with Crippen LogP contribution in [0.2, 0.25) is 10.0 Å². The van der Waals surface area contributed by atoms with E-state index in [4.69, 9.17) is 32.7 Å². The average Bonchev–Trinajstić information content (AvgIpc) is 2.73. The van der Waals surface area contributed by atoms with Crippen LogP contribution in [0.15, 0.2) is 28.7 Å². The highest BCUT2D eigenvalue weighted by atomic mass is 35.5. The molecular weight excluding hydrogens is 289 g/mol. The summed E-state index contributed by atoms with van der Waals surface area (Å²) >= 11 is 11.9. The van der Waals surface area contributed by atoms with Crippen LogP contribution in [0.3, 0.4) is 0 Å². The molecular formula is C13H11Cl2NO3. The predicted molar refractivity (Wildman–Crippen MR) is 74.2 cm³/mol. The molecule has 0 unspecified atom stereocenters. The molecule has 0 amide bonds. The first-order valence-corrected chi connectivity index (χ1v) is 6.25. The predicted octanol–water partition coefficient (Wildman–Crippen LogP) is 4.21. The summed E-state index contributed by atoms with van der Waals surface area (Å²) in [6, 6.07) is 6.91. The fourth-order valence-electron chi connectivity index (χ4n) is 1.67. The Morgan fingerprint density at radius 2 is 2.16 bits per heavy atom. The van der Waals surface area contributed by atoms with E-state index >= 15 is 0 Å². The number of nitrogens with one attached hydrogen (secondary N) is 1. The lowest BCUT2D eigenvalue weighted by Crippen LogP contribution is -1.99. The molecule has 0 spiro atoms. The third kappa shape index (κ3) is 3.03. The fraction of sp³-hybridized carbons (Fsp3) is 0.154. The number of furan rings is 1. The van der Waals surface area contributed by atoms with Crippen molar-refractivity contribution >= 4 is 34.9 Å².